The van der Waals surface area contributed by atoms with Gasteiger partial charge < -0.3 is 11.5 Å². The van der Waals surface area contributed by atoms with Crippen LogP contribution in [0.4, 0.5) is 11.4 Å². The first-order valence-corrected chi connectivity index (χ1v) is 8.27. The zero-order valence-electron chi connectivity index (χ0n) is 15.3. The lowest BCUT2D eigenvalue weighted by Crippen LogP contribution is -2.19. The smallest absolute Gasteiger partial charge is 0.0352 e. The number of benzene rings is 2. The normalized spacial score (nSPS) is 12.4. The minimum Gasteiger partial charge on any atom is -0.398 e. The molecule has 0 aliphatic carbocycles. The predicted molar refractivity (Wildman–Crippen MR) is 102 cm³/mol. The van der Waals surface area contributed by atoms with Crippen LogP contribution in [0.3, 0.4) is 0 Å². The SMILES string of the molecule is CC(C)(C)c1cccc(N)c1Cc1c(N)cccc1C(C)(C)C. The maximum Gasteiger partial charge on any atom is 0.0352 e. The van der Waals surface area contributed by atoms with Gasteiger partial charge in [0.05, 0.1) is 0 Å². The first-order valence-electron chi connectivity index (χ1n) is 8.27. The molecule has 4 N–H and O–H groups in total. The van der Waals surface area contributed by atoms with Crippen molar-refractivity contribution in [2.75, 3.05) is 11.5 Å². The molecule has 0 aromatic heterocycles. The predicted octanol–water partition coefficient (Wildman–Crippen LogP) is 5.04. The Balaban J connectivity index is 2.62. The quantitative estimate of drug-likeness (QED) is 0.764. The number of rotatable bonds is 2. The Labute approximate surface area is 140 Å². The average molecular weight is 310 g/mol. The molecule has 0 amide bonds. The van der Waals surface area contributed by atoms with Crippen LogP contribution in [0, 0.1) is 0 Å². The summed E-state index contributed by atoms with van der Waals surface area (Å²) in [6.07, 6.45) is 0.776. The summed E-state index contributed by atoms with van der Waals surface area (Å²) >= 11 is 0. The van der Waals surface area contributed by atoms with Crippen molar-refractivity contribution in [3.05, 3.63) is 58.7 Å². The van der Waals surface area contributed by atoms with E-state index in [-0.39, 0.29) is 10.8 Å². The molecule has 0 radical (unpaired) electrons. The summed E-state index contributed by atoms with van der Waals surface area (Å²) in [4.78, 5) is 0. The highest BCUT2D eigenvalue weighted by molar-refractivity contribution is 5.60. The minimum atomic E-state index is 0.0517. The minimum absolute atomic E-state index is 0.0517. The Morgan fingerprint density at radius 3 is 1.30 bits per heavy atom. The van der Waals surface area contributed by atoms with E-state index in [0.29, 0.717) is 0 Å². The zero-order chi connectivity index (χ0) is 17.4. The Kier molecular flexibility index (Phi) is 4.48. The summed E-state index contributed by atoms with van der Waals surface area (Å²) in [5, 5.41) is 0. The standard InChI is InChI=1S/C21H30N2/c1-20(2,3)16-9-7-11-18(22)14(16)13-15-17(21(4,5)6)10-8-12-19(15)23/h7-12H,13,22-23H2,1-6H3. The summed E-state index contributed by atoms with van der Waals surface area (Å²) in [5.74, 6) is 0. The van der Waals surface area contributed by atoms with Crippen molar-refractivity contribution >= 4 is 11.4 Å². The van der Waals surface area contributed by atoms with Gasteiger partial charge in [-0.2, -0.15) is 0 Å². The molecule has 124 valence electrons. The van der Waals surface area contributed by atoms with E-state index in [9.17, 15) is 0 Å². The molecule has 2 aromatic carbocycles. The molecule has 0 heterocycles. The fraction of sp³-hybridized carbons (Fsp3) is 0.429. The average Bonchev–Trinajstić information content (AvgIpc) is 2.40. The van der Waals surface area contributed by atoms with Gasteiger partial charge in [-0.05, 0) is 45.2 Å². The third-order valence-electron chi connectivity index (χ3n) is 4.39. The van der Waals surface area contributed by atoms with Gasteiger partial charge in [0, 0.05) is 17.8 Å². The molecule has 0 saturated heterocycles. The second kappa shape index (κ2) is 5.92. The molecule has 0 aliphatic rings. The Bertz CT molecular complexity index is 639. The van der Waals surface area contributed by atoms with Gasteiger partial charge >= 0.3 is 0 Å². The fourth-order valence-electron chi connectivity index (χ4n) is 3.19. The maximum atomic E-state index is 6.33. The molecular formula is C21H30N2. The third kappa shape index (κ3) is 3.69. The molecule has 0 saturated carbocycles. The van der Waals surface area contributed by atoms with Crippen LogP contribution >= 0.6 is 0 Å². The van der Waals surface area contributed by atoms with Crippen molar-refractivity contribution in [2.45, 2.75) is 58.8 Å². The van der Waals surface area contributed by atoms with E-state index in [4.69, 9.17) is 11.5 Å². The molecule has 0 bridgehead atoms. The second-order valence-corrected chi connectivity index (χ2v) is 8.42. The Morgan fingerprint density at radius 1 is 0.652 bits per heavy atom. The molecule has 2 nitrogen and oxygen atoms in total. The van der Waals surface area contributed by atoms with Crippen molar-refractivity contribution in [3.63, 3.8) is 0 Å². The summed E-state index contributed by atoms with van der Waals surface area (Å²) in [6.45, 7) is 13.4. The highest BCUT2D eigenvalue weighted by atomic mass is 14.6. The van der Waals surface area contributed by atoms with Crippen molar-refractivity contribution in [1.82, 2.24) is 0 Å². The first kappa shape index (κ1) is 17.4. The number of anilines is 2. The van der Waals surface area contributed by atoms with E-state index >= 15 is 0 Å². The number of hydrogen-bond acceptors (Lipinski definition) is 2. The first-order chi connectivity index (χ1) is 10.5. The van der Waals surface area contributed by atoms with Crippen LogP contribution in [0.25, 0.3) is 0 Å². The van der Waals surface area contributed by atoms with Gasteiger partial charge in [-0.1, -0.05) is 65.8 Å². The zero-order valence-corrected chi connectivity index (χ0v) is 15.3. The molecule has 23 heavy (non-hydrogen) atoms. The van der Waals surface area contributed by atoms with Gasteiger partial charge in [-0.15, -0.1) is 0 Å². The van der Waals surface area contributed by atoms with E-state index in [0.717, 1.165) is 17.8 Å². The molecule has 0 unspecified atom stereocenters. The van der Waals surface area contributed by atoms with Gasteiger partial charge in [-0.25, -0.2) is 0 Å². The Morgan fingerprint density at radius 2 is 1.00 bits per heavy atom. The lowest BCUT2D eigenvalue weighted by Gasteiger charge is -2.28. The van der Waals surface area contributed by atoms with Crippen LogP contribution < -0.4 is 11.5 Å². The van der Waals surface area contributed by atoms with Crippen molar-refractivity contribution in [2.24, 2.45) is 0 Å². The van der Waals surface area contributed by atoms with Crippen LogP contribution in [0.5, 0.6) is 0 Å². The molecule has 0 atom stereocenters. The van der Waals surface area contributed by atoms with Crippen LogP contribution in [-0.4, -0.2) is 0 Å². The molecule has 2 rings (SSSR count). The largest absolute Gasteiger partial charge is 0.398 e. The number of hydrogen-bond donors (Lipinski definition) is 2. The number of nitrogens with two attached hydrogens (primary N) is 2. The van der Waals surface area contributed by atoms with Crippen molar-refractivity contribution < 1.29 is 0 Å². The second-order valence-electron chi connectivity index (χ2n) is 8.42. The van der Waals surface area contributed by atoms with Gasteiger partial charge in [0.25, 0.3) is 0 Å². The molecule has 0 spiro atoms. The summed E-state index contributed by atoms with van der Waals surface area (Å²) < 4.78 is 0. The van der Waals surface area contributed by atoms with E-state index in [1.807, 2.05) is 24.3 Å². The molecule has 2 aromatic rings. The molecule has 2 heteroatoms. The molecule has 0 aliphatic heterocycles. The fourth-order valence-corrected chi connectivity index (χ4v) is 3.19. The van der Waals surface area contributed by atoms with Crippen LogP contribution in [0.15, 0.2) is 36.4 Å². The molecule has 0 fully saturated rings. The highest BCUT2D eigenvalue weighted by Gasteiger charge is 2.23. The van der Waals surface area contributed by atoms with E-state index in [1.54, 1.807) is 0 Å². The van der Waals surface area contributed by atoms with Gasteiger partial charge in [0.1, 0.15) is 0 Å². The maximum absolute atomic E-state index is 6.33. The summed E-state index contributed by atoms with van der Waals surface area (Å²) in [6, 6.07) is 12.4. The van der Waals surface area contributed by atoms with Crippen molar-refractivity contribution in [1.29, 1.82) is 0 Å². The van der Waals surface area contributed by atoms with Gasteiger partial charge in [0.15, 0.2) is 0 Å². The lowest BCUT2D eigenvalue weighted by molar-refractivity contribution is 0.578. The van der Waals surface area contributed by atoms with Crippen LogP contribution in [0.1, 0.15) is 63.8 Å². The Hall–Kier alpha value is -1.96. The van der Waals surface area contributed by atoms with Crippen molar-refractivity contribution in [3.8, 4) is 0 Å². The summed E-state index contributed by atoms with van der Waals surface area (Å²) in [7, 11) is 0. The monoisotopic (exact) mass is 310 g/mol. The lowest BCUT2D eigenvalue weighted by atomic mass is 9.78. The summed E-state index contributed by atoms with van der Waals surface area (Å²) in [5.41, 5.74) is 19.4. The topological polar surface area (TPSA) is 52.0 Å². The van der Waals surface area contributed by atoms with E-state index in [1.165, 1.54) is 22.3 Å². The van der Waals surface area contributed by atoms with E-state index in [2.05, 4.69) is 53.7 Å². The molecular weight excluding hydrogens is 280 g/mol. The van der Waals surface area contributed by atoms with Crippen LogP contribution in [0.2, 0.25) is 0 Å². The van der Waals surface area contributed by atoms with E-state index < -0.39 is 0 Å². The van der Waals surface area contributed by atoms with Gasteiger partial charge in [0.2, 0.25) is 0 Å². The van der Waals surface area contributed by atoms with Crippen LogP contribution in [-0.2, 0) is 17.3 Å². The number of nitrogen functional groups attached to an aromatic ring is 2. The highest BCUT2D eigenvalue weighted by Crippen LogP contribution is 2.35. The van der Waals surface area contributed by atoms with Gasteiger partial charge in [-0.3, -0.25) is 0 Å². The third-order valence-corrected chi connectivity index (χ3v) is 4.39.